The number of benzene rings is 1. The van der Waals surface area contributed by atoms with Crippen LogP contribution >= 0.6 is 24.0 Å². The Kier molecular flexibility index (Phi) is 10.2. The molecule has 0 aromatic heterocycles. The van der Waals surface area contributed by atoms with Crippen molar-refractivity contribution < 1.29 is 13.2 Å². The van der Waals surface area contributed by atoms with Crippen molar-refractivity contribution in [2.45, 2.75) is 37.1 Å². The summed E-state index contributed by atoms with van der Waals surface area (Å²) in [6.45, 7) is 2.25. The van der Waals surface area contributed by atoms with E-state index >= 15 is 0 Å². The van der Waals surface area contributed by atoms with Crippen LogP contribution in [0.1, 0.15) is 31.2 Å². The summed E-state index contributed by atoms with van der Waals surface area (Å²) >= 11 is 0. The number of ether oxygens (including phenoxy) is 1. The molecule has 0 atom stereocenters. The van der Waals surface area contributed by atoms with E-state index in [0.29, 0.717) is 16.9 Å². The molecule has 2 rings (SSSR count). The minimum atomic E-state index is -3.39. The molecule has 28 heavy (non-hydrogen) atoms. The van der Waals surface area contributed by atoms with E-state index in [4.69, 9.17) is 4.74 Å². The molecule has 0 heterocycles. The van der Waals surface area contributed by atoms with Crippen LogP contribution in [0.3, 0.4) is 0 Å². The Morgan fingerprint density at radius 3 is 2.32 bits per heavy atom. The number of hydrogen-bond donors (Lipinski definition) is 2. The Morgan fingerprint density at radius 2 is 1.86 bits per heavy atom. The third kappa shape index (κ3) is 6.57. The Hall–Kier alpha value is -0.910. The molecule has 160 valence electrons. The summed E-state index contributed by atoms with van der Waals surface area (Å²) in [7, 11) is 3.17. The van der Waals surface area contributed by atoms with Crippen LogP contribution in [0.25, 0.3) is 0 Å². The Bertz CT molecular complexity index is 732. The van der Waals surface area contributed by atoms with Crippen molar-refractivity contribution in [1.29, 1.82) is 0 Å². The fourth-order valence-corrected chi connectivity index (χ4v) is 4.08. The largest absolute Gasteiger partial charge is 0.385 e. The molecule has 7 nitrogen and oxygen atoms in total. The van der Waals surface area contributed by atoms with Gasteiger partial charge in [-0.3, -0.25) is 4.99 Å². The average Bonchev–Trinajstić information content (AvgIpc) is 2.63. The minimum Gasteiger partial charge on any atom is -0.385 e. The van der Waals surface area contributed by atoms with Gasteiger partial charge in [-0.2, -0.15) is 0 Å². The van der Waals surface area contributed by atoms with Crippen LogP contribution in [0.4, 0.5) is 0 Å². The number of hydrogen-bond acceptors (Lipinski definition) is 4. The number of guanidine groups is 1. The van der Waals surface area contributed by atoms with E-state index in [1.807, 2.05) is 12.1 Å². The molecule has 2 N–H and O–H groups in total. The monoisotopic (exact) mass is 524 g/mol. The van der Waals surface area contributed by atoms with Gasteiger partial charge in [-0.05, 0) is 42.4 Å². The molecule has 0 unspecified atom stereocenters. The molecule has 0 spiro atoms. The van der Waals surface area contributed by atoms with Crippen molar-refractivity contribution in [2.75, 3.05) is 41.4 Å². The van der Waals surface area contributed by atoms with Gasteiger partial charge in [0.2, 0.25) is 10.0 Å². The second-order valence-electron chi connectivity index (χ2n) is 7.31. The normalized spacial score (nSPS) is 16.2. The molecule has 1 aliphatic rings. The molecule has 1 fully saturated rings. The minimum absolute atomic E-state index is 0. The second-order valence-corrected chi connectivity index (χ2v) is 9.46. The van der Waals surface area contributed by atoms with Gasteiger partial charge in [0.15, 0.2) is 5.96 Å². The molecule has 0 amide bonds. The van der Waals surface area contributed by atoms with Crippen molar-refractivity contribution in [3.05, 3.63) is 29.8 Å². The zero-order chi connectivity index (χ0) is 19.9. The number of aliphatic imine (C=N–C) groups is 1. The van der Waals surface area contributed by atoms with Crippen LogP contribution < -0.4 is 10.6 Å². The highest BCUT2D eigenvalue weighted by Gasteiger charge is 2.36. The predicted molar refractivity (Wildman–Crippen MR) is 124 cm³/mol. The lowest BCUT2D eigenvalue weighted by atomic mass is 9.67. The van der Waals surface area contributed by atoms with E-state index in [1.54, 1.807) is 26.3 Å². The lowest BCUT2D eigenvalue weighted by Gasteiger charge is -2.42. The van der Waals surface area contributed by atoms with Gasteiger partial charge < -0.3 is 15.4 Å². The highest BCUT2D eigenvalue weighted by atomic mass is 127. The third-order valence-corrected chi connectivity index (χ3v) is 7.10. The molecule has 1 saturated carbocycles. The number of methoxy groups -OCH3 is 1. The summed E-state index contributed by atoms with van der Waals surface area (Å²) in [5.41, 5.74) is 1.31. The summed E-state index contributed by atoms with van der Waals surface area (Å²) in [4.78, 5) is 4.58. The molecular weight excluding hydrogens is 491 g/mol. The molecule has 0 radical (unpaired) electrons. The van der Waals surface area contributed by atoms with Gasteiger partial charge in [0, 0.05) is 47.9 Å². The predicted octanol–water partition coefficient (Wildman–Crippen LogP) is 2.43. The number of halogens is 1. The van der Waals surface area contributed by atoms with E-state index in [0.717, 1.165) is 31.1 Å². The fraction of sp³-hybridized carbons (Fsp3) is 0.632. The molecule has 1 aromatic carbocycles. The zero-order valence-electron chi connectivity index (χ0n) is 17.2. The molecule has 9 heteroatoms. The van der Waals surface area contributed by atoms with Crippen LogP contribution in [0.15, 0.2) is 34.2 Å². The van der Waals surface area contributed by atoms with Crippen LogP contribution in [-0.4, -0.2) is 60.1 Å². The SMILES string of the molecule is CN=C(NCc1ccc(S(=O)(=O)N(C)C)cc1)NCC1(CCOC)CCC1.I. The van der Waals surface area contributed by atoms with Crippen molar-refractivity contribution >= 4 is 40.0 Å². The van der Waals surface area contributed by atoms with Crippen LogP contribution in [0.2, 0.25) is 0 Å². The van der Waals surface area contributed by atoms with E-state index in [-0.39, 0.29) is 24.0 Å². The molecule has 0 saturated heterocycles. The maximum Gasteiger partial charge on any atom is 0.242 e. The van der Waals surface area contributed by atoms with Crippen molar-refractivity contribution in [3.8, 4) is 0 Å². The van der Waals surface area contributed by atoms with E-state index in [9.17, 15) is 8.42 Å². The lowest BCUT2D eigenvalue weighted by molar-refractivity contribution is 0.0732. The first kappa shape index (κ1) is 25.1. The highest BCUT2D eigenvalue weighted by Crippen LogP contribution is 2.43. The first-order valence-corrected chi connectivity index (χ1v) is 10.7. The standard InChI is InChI=1S/C19H32N4O3S.HI/c1-20-18(22-15-19(10-5-11-19)12-13-26-4)21-14-16-6-8-17(9-7-16)27(24,25)23(2)3;/h6-9H,5,10-15H2,1-4H3,(H2,20,21,22);1H. The van der Waals surface area contributed by atoms with Crippen molar-refractivity contribution in [2.24, 2.45) is 10.4 Å². The fourth-order valence-electron chi connectivity index (χ4n) is 3.18. The van der Waals surface area contributed by atoms with Gasteiger partial charge in [0.1, 0.15) is 0 Å². The summed E-state index contributed by atoms with van der Waals surface area (Å²) in [5.74, 6) is 0.753. The number of rotatable bonds is 9. The van der Waals surface area contributed by atoms with Crippen LogP contribution in [0.5, 0.6) is 0 Å². The summed E-state index contributed by atoms with van der Waals surface area (Å²) in [6, 6.07) is 6.92. The Morgan fingerprint density at radius 1 is 1.21 bits per heavy atom. The van der Waals surface area contributed by atoms with Crippen molar-refractivity contribution in [1.82, 2.24) is 14.9 Å². The molecule has 0 bridgehead atoms. The third-order valence-electron chi connectivity index (χ3n) is 5.27. The van der Waals surface area contributed by atoms with Crippen LogP contribution in [-0.2, 0) is 21.3 Å². The number of nitrogens with one attached hydrogen (secondary N) is 2. The van der Waals surface area contributed by atoms with E-state index in [1.165, 1.54) is 37.7 Å². The van der Waals surface area contributed by atoms with Gasteiger partial charge >= 0.3 is 0 Å². The average molecular weight is 524 g/mol. The molecule has 0 aliphatic heterocycles. The van der Waals surface area contributed by atoms with Gasteiger partial charge in [0.05, 0.1) is 4.90 Å². The lowest BCUT2D eigenvalue weighted by Crippen LogP contribution is -2.46. The van der Waals surface area contributed by atoms with Crippen molar-refractivity contribution in [3.63, 3.8) is 0 Å². The number of sulfonamides is 1. The van der Waals surface area contributed by atoms with Gasteiger partial charge in [0.25, 0.3) is 0 Å². The molecular formula is C19H33IN4O3S. The van der Waals surface area contributed by atoms with E-state index in [2.05, 4.69) is 15.6 Å². The topological polar surface area (TPSA) is 83.0 Å². The summed E-state index contributed by atoms with van der Waals surface area (Å²) in [6.07, 6.45) is 4.79. The summed E-state index contributed by atoms with van der Waals surface area (Å²) in [5, 5.41) is 6.71. The second kappa shape index (κ2) is 11.3. The summed E-state index contributed by atoms with van der Waals surface area (Å²) < 4.78 is 30.7. The van der Waals surface area contributed by atoms with E-state index < -0.39 is 10.0 Å². The first-order chi connectivity index (χ1) is 12.8. The smallest absolute Gasteiger partial charge is 0.242 e. The highest BCUT2D eigenvalue weighted by molar-refractivity contribution is 14.0. The van der Waals surface area contributed by atoms with Gasteiger partial charge in [-0.1, -0.05) is 18.6 Å². The molecule has 1 aromatic rings. The quantitative estimate of drug-likeness (QED) is 0.295. The first-order valence-electron chi connectivity index (χ1n) is 9.28. The van der Waals surface area contributed by atoms with Gasteiger partial charge in [-0.15, -0.1) is 24.0 Å². The number of nitrogens with zero attached hydrogens (tertiary/aromatic N) is 2. The Labute approximate surface area is 186 Å². The maximum absolute atomic E-state index is 12.1. The molecule has 1 aliphatic carbocycles. The zero-order valence-corrected chi connectivity index (χ0v) is 20.3. The Balaban J connectivity index is 0.00000392. The van der Waals surface area contributed by atoms with Gasteiger partial charge in [-0.25, -0.2) is 12.7 Å². The maximum atomic E-state index is 12.1. The van der Waals surface area contributed by atoms with Crippen LogP contribution in [0, 0.1) is 5.41 Å².